The largest absolute Gasteiger partial charge is 0.545 e. The highest BCUT2D eigenvalue weighted by molar-refractivity contribution is 5.70. The fraction of sp³-hybridized carbons (Fsp3) is 0.713. The molecule has 0 amide bonds. The van der Waals surface area contributed by atoms with Gasteiger partial charge < -0.3 is 33.3 Å². The predicted octanol–water partition coefficient (Wildman–Crippen LogP) is 21.8. The van der Waals surface area contributed by atoms with E-state index in [0.717, 1.165) is 96.3 Å². The number of esters is 2. The number of unbranched alkanes of at least 4 members (excludes halogenated alkanes) is 32. The summed E-state index contributed by atoms with van der Waals surface area (Å²) in [6, 6.07) is 0. The Hall–Kier alpha value is -4.31. The molecule has 2 atom stereocenters. The smallest absolute Gasteiger partial charge is 0.306 e. The molecule has 0 bridgehead atoms. The van der Waals surface area contributed by atoms with E-state index >= 15 is 0 Å². The number of carboxylic acids is 1. The number of ether oxygens (including phenoxy) is 4. The van der Waals surface area contributed by atoms with Crippen LogP contribution in [0.3, 0.4) is 0 Å². The summed E-state index contributed by atoms with van der Waals surface area (Å²) in [7, 11) is 5.91. The molecular weight excluding hydrogens is 1100 g/mol. The van der Waals surface area contributed by atoms with Gasteiger partial charge >= 0.3 is 11.9 Å². The first-order valence-electron chi connectivity index (χ1n) is 36.7. The molecule has 0 saturated heterocycles. The van der Waals surface area contributed by atoms with Gasteiger partial charge in [-0.05, 0) is 89.9 Å². The van der Waals surface area contributed by atoms with Gasteiger partial charge in [0.2, 0.25) is 0 Å². The molecule has 9 nitrogen and oxygen atoms in total. The summed E-state index contributed by atoms with van der Waals surface area (Å²) < 4.78 is 22.8. The summed E-state index contributed by atoms with van der Waals surface area (Å²) in [6.07, 6.45) is 95.9. The minimum atomic E-state index is -1.64. The van der Waals surface area contributed by atoms with E-state index in [1.807, 2.05) is 21.1 Å². The Morgan fingerprint density at radius 1 is 0.348 bits per heavy atom. The van der Waals surface area contributed by atoms with Crippen molar-refractivity contribution < 1.29 is 42.9 Å². The molecule has 0 fully saturated rings. The monoisotopic (exact) mass is 1240 g/mol. The average molecular weight is 1240 g/mol. The van der Waals surface area contributed by atoms with Crippen molar-refractivity contribution in [1.82, 2.24) is 0 Å². The molecule has 89 heavy (non-hydrogen) atoms. The molecule has 0 aliphatic rings. The molecule has 0 heterocycles. The van der Waals surface area contributed by atoms with Crippen LogP contribution in [0.4, 0.5) is 0 Å². The van der Waals surface area contributed by atoms with Crippen LogP contribution in [0.1, 0.15) is 309 Å². The lowest BCUT2D eigenvalue weighted by atomic mass is 10.0. The normalized spacial score (nSPS) is 13.4. The van der Waals surface area contributed by atoms with Gasteiger partial charge in [0.05, 0.1) is 40.3 Å². The molecule has 0 rings (SSSR count). The van der Waals surface area contributed by atoms with E-state index in [4.69, 9.17) is 18.9 Å². The van der Waals surface area contributed by atoms with Crippen molar-refractivity contribution in [3.8, 4) is 0 Å². The zero-order chi connectivity index (χ0) is 64.7. The summed E-state index contributed by atoms with van der Waals surface area (Å²) >= 11 is 0. The van der Waals surface area contributed by atoms with E-state index in [0.29, 0.717) is 17.4 Å². The molecule has 0 spiro atoms. The molecule has 9 heteroatoms. The van der Waals surface area contributed by atoms with Gasteiger partial charge in [-0.1, -0.05) is 328 Å². The minimum Gasteiger partial charge on any atom is -0.545 e. The van der Waals surface area contributed by atoms with Crippen molar-refractivity contribution in [2.24, 2.45) is 0 Å². The molecule has 0 radical (unpaired) electrons. The number of hydrogen-bond donors (Lipinski definition) is 0. The van der Waals surface area contributed by atoms with Gasteiger partial charge in [-0.3, -0.25) is 9.59 Å². The van der Waals surface area contributed by atoms with Crippen molar-refractivity contribution in [1.29, 1.82) is 0 Å². The Kier molecular flexibility index (Phi) is 66.2. The Labute approximate surface area is 548 Å². The number of nitrogens with zero attached hydrogens (tertiary/aromatic N) is 1. The van der Waals surface area contributed by atoms with Crippen molar-refractivity contribution in [3.05, 3.63) is 122 Å². The van der Waals surface area contributed by atoms with Gasteiger partial charge in [0, 0.05) is 12.8 Å². The lowest BCUT2D eigenvalue weighted by Crippen LogP contribution is -2.44. The summed E-state index contributed by atoms with van der Waals surface area (Å²) in [4.78, 5) is 37.5. The van der Waals surface area contributed by atoms with E-state index < -0.39 is 24.3 Å². The van der Waals surface area contributed by atoms with E-state index in [2.05, 4.69) is 135 Å². The van der Waals surface area contributed by atoms with Gasteiger partial charge in [0.25, 0.3) is 0 Å². The van der Waals surface area contributed by atoms with Gasteiger partial charge in [-0.15, -0.1) is 0 Å². The fourth-order valence-electron chi connectivity index (χ4n) is 10.2. The van der Waals surface area contributed by atoms with Crippen molar-refractivity contribution in [3.63, 3.8) is 0 Å². The standard InChI is InChI=1S/C80H137NO8/c1-6-8-10-12-14-16-18-20-22-24-26-28-30-32-34-36-38-39-41-43-45-47-49-51-53-55-57-59-61-63-65-67-69-71-78(83)89-76(75-88-80(79(84)85)86-73-72-81(3,4)5)74-87-77(82)70-68-66-64-62-60-58-56-54-52-50-48-46-44-42-40-37-35-33-31-29-27-25-23-21-19-17-15-13-11-9-7-2/h8,10,14,16,20,22,26,28,32,34,38-39,43,45,49,51,55,57,61,63,76,80H,6-7,9,11-13,15,17-19,21,23-25,27,29-31,33,35-37,40-42,44,46-48,50,52-54,56,58-60,62,64-75H2,1-5H3/b10-8-,16-14-,22-20-,28-26-,34-32-,39-38-,45-43-,51-49-,57-55-,63-61-. The number of quaternary nitrogens is 1. The van der Waals surface area contributed by atoms with Crippen LogP contribution in [-0.2, 0) is 33.3 Å². The van der Waals surface area contributed by atoms with Gasteiger partial charge in [-0.2, -0.15) is 0 Å². The molecule has 0 saturated carbocycles. The van der Waals surface area contributed by atoms with Gasteiger partial charge in [0.1, 0.15) is 13.2 Å². The number of allylic oxidation sites excluding steroid dienone is 20. The van der Waals surface area contributed by atoms with Gasteiger partial charge in [0.15, 0.2) is 12.4 Å². The first-order valence-corrected chi connectivity index (χ1v) is 36.7. The number of carboxylic acid groups (broad SMARTS) is 1. The van der Waals surface area contributed by atoms with Crippen LogP contribution < -0.4 is 5.11 Å². The third-order valence-electron chi connectivity index (χ3n) is 15.7. The Bertz CT molecular complexity index is 1880. The summed E-state index contributed by atoms with van der Waals surface area (Å²) in [6.45, 7) is 4.61. The van der Waals surface area contributed by atoms with E-state index in [-0.39, 0.29) is 38.6 Å². The maximum Gasteiger partial charge on any atom is 0.306 e. The number of likely N-dealkylation sites (N-methyl/N-ethyl adjacent to an activating group) is 1. The van der Waals surface area contributed by atoms with Crippen molar-refractivity contribution in [2.45, 2.75) is 322 Å². The summed E-state index contributed by atoms with van der Waals surface area (Å²) in [5, 5.41) is 11.8. The molecule has 0 aliphatic heterocycles. The molecule has 0 N–H and O–H groups in total. The highest BCUT2D eigenvalue weighted by atomic mass is 16.7. The molecular formula is C80H137NO8. The van der Waals surface area contributed by atoms with Crippen molar-refractivity contribution >= 4 is 17.9 Å². The second kappa shape index (κ2) is 69.6. The first-order chi connectivity index (χ1) is 43.6. The first kappa shape index (κ1) is 84.7. The third kappa shape index (κ3) is 71.0. The quantitative estimate of drug-likeness (QED) is 0.0195. The zero-order valence-electron chi connectivity index (χ0n) is 58.3. The number of hydrogen-bond acceptors (Lipinski definition) is 8. The average Bonchev–Trinajstić information content (AvgIpc) is 3.64. The molecule has 2 unspecified atom stereocenters. The maximum absolute atomic E-state index is 12.9. The highest BCUT2D eigenvalue weighted by Gasteiger charge is 2.22. The number of carbonyl (C=O) groups excluding carboxylic acids is 3. The minimum absolute atomic E-state index is 0.134. The van der Waals surface area contributed by atoms with E-state index in [9.17, 15) is 19.5 Å². The third-order valence-corrected chi connectivity index (χ3v) is 15.7. The van der Waals surface area contributed by atoms with E-state index in [1.54, 1.807) is 0 Å². The SMILES string of the molecule is CC/C=C\C/C=C\C/C=C\C/C=C\C/C=C\C/C=C\C/C=C\C/C=C\C/C=C\C/C=C\CCCCC(=O)OC(COC(=O)CCCCCCCCCCCCCCCCCCCCCCCCCCCCCCCCC)COC(OCC[N+](C)(C)C)C(=O)[O-]. The van der Waals surface area contributed by atoms with Crippen LogP contribution >= 0.6 is 0 Å². The number of aliphatic carboxylic acids is 1. The lowest BCUT2D eigenvalue weighted by Gasteiger charge is -2.26. The van der Waals surface area contributed by atoms with Crippen LogP contribution in [0.5, 0.6) is 0 Å². The van der Waals surface area contributed by atoms with Gasteiger partial charge in [-0.25, -0.2) is 0 Å². The molecule has 510 valence electrons. The Morgan fingerprint density at radius 2 is 0.640 bits per heavy atom. The lowest BCUT2D eigenvalue weighted by molar-refractivity contribution is -0.870. The van der Waals surface area contributed by atoms with Crippen LogP contribution in [0.15, 0.2) is 122 Å². The van der Waals surface area contributed by atoms with Crippen LogP contribution in [0.2, 0.25) is 0 Å². The highest BCUT2D eigenvalue weighted by Crippen LogP contribution is 2.18. The summed E-state index contributed by atoms with van der Waals surface area (Å²) in [5.41, 5.74) is 0. The molecule has 0 aromatic heterocycles. The van der Waals surface area contributed by atoms with Crippen molar-refractivity contribution in [2.75, 3.05) is 47.5 Å². The zero-order valence-corrected chi connectivity index (χ0v) is 58.3. The predicted molar refractivity (Wildman–Crippen MR) is 380 cm³/mol. The second-order valence-corrected chi connectivity index (χ2v) is 25.5. The Morgan fingerprint density at radius 3 is 0.955 bits per heavy atom. The van der Waals surface area contributed by atoms with Crippen LogP contribution in [0.25, 0.3) is 0 Å². The fourth-order valence-corrected chi connectivity index (χ4v) is 10.2. The topological polar surface area (TPSA) is 111 Å². The maximum atomic E-state index is 12.9. The Balaban J connectivity index is 4.19. The summed E-state index contributed by atoms with van der Waals surface area (Å²) in [5.74, 6) is -2.34. The number of carbonyl (C=O) groups is 3. The molecule has 0 aromatic carbocycles. The molecule has 0 aliphatic carbocycles. The van der Waals surface area contributed by atoms with Crippen LogP contribution in [0, 0.1) is 0 Å². The van der Waals surface area contributed by atoms with Crippen LogP contribution in [-0.4, -0.2) is 82.3 Å². The van der Waals surface area contributed by atoms with E-state index in [1.165, 1.54) is 180 Å². The number of rotatable bonds is 67. The second-order valence-electron chi connectivity index (χ2n) is 25.5. The molecule has 0 aromatic rings.